The molecule has 1 aromatic heterocycles. The van der Waals surface area contributed by atoms with Gasteiger partial charge in [0.25, 0.3) is 0 Å². The molecule has 0 atom stereocenters. The fourth-order valence-corrected chi connectivity index (χ4v) is 1.94. The Morgan fingerprint density at radius 1 is 1.45 bits per heavy atom. The summed E-state index contributed by atoms with van der Waals surface area (Å²) < 4.78 is 23.5. The lowest BCUT2D eigenvalue weighted by molar-refractivity contribution is 0.376. The van der Waals surface area contributed by atoms with Crippen molar-refractivity contribution in [3.8, 4) is 17.1 Å². The molecule has 6 heteroatoms. The van der Waals surface area contributed by atoms with Crippen molar-refractivity contribution in [1.82, 2.24) is 15.5 Å². The quantitative estimate of drug-likeness (QED) is 0.877. The normalized spacial score (nSPS) is 14.5. The van der Waals surface area contributed by atoms with Crippen molar-refractivity contribution in [1.29, 1.82) is 0 Å². The molecule has 0 radical (unpaired) electrons. The van der Waals surface area contributed by atoms with E-state index in [2.05, 4.69) is 15.5 Å². The third-order valence-corrected chi connectivity index (χ3v) is 3.23. The largest absolute Gasteiger partial charge is 0.494 e. The van der Waals surface area contributed by atoms with Crippen LogP contribution in [0.15, 0.2) is 22.7 Å². The summed E-state index contributed by atoms with van der Waals surface area (Å²) >= 11 is 0. The summed E-state index contributed by atoms with van der Waals surface area (Å²) in [5.74, 6) is 0.791. The van der Waals surface area contributed by atoms with Crippen LogP contribution in [0, 0.1) is 5.82 Å². The standard InChI is InChI=1S/C14H16FN3O2/c1-19-12-8-9(2-5-11(12)15)14-17-13(20-18-14)6-7-16-10-3-4-10/h2,5,8,10,16H,3-4,6-7H2,1H3. The molecule has 0 bridgehead atoms. The molecule has 1 heterocycles. The van der Waals surface area contributed by atoms with E-state index < -0.39 is 5.82 Å². The van der Waals surface area contributed by atoms with E-state index in [0.717, 1.165) is 6.54 Å². The molecule has 5 nitrogen and oxygen atoms in total. The van der Waals surface area contributed by atoms with Gasteiger partial charge in [0.15, 0.2) is 11.6 Å². The summed E-state index contributed by atoms with van der Waals surface area (Å²) in [4.78, 5) is 4.31. The number of halogens is 1. The second kappa shape index (κ2) is 5.58. The Morgan fingerprint density at radius 2 is 2.30 bits per heavy atom. The fraction of sp³-hybridized carbons (Fsp3) is 0.429. The Morgan fingerprint density at radius 3 is 3.05 bits per heavy atom. The second-order valence-corrected chi connectivity index (χ2v) is 4.84. The van der Waals surface area contributed by atoms with Crippen molar-refractivity contribution in [2.45, 2.75) is 25.3 Å². The summed E-state index contributed by atoms with van der Waals surface area (Å²) in [6.07, 6.45) is 3.21. The summed E-state index contributed by atoms with van der Waals surface area (Å²) in [6.45, 7) is 0.832. The van der Waals surface area contributed by atoms with Crippen LogP contribution in [0.25, 0.3) is 11.4 Å². The van der Waals surface area contributed by atoms with Crippen LogP contribution < -0.4 is 10.1 Å². The number of aromatic nitrogens is 2. The molecule has 1 aliphatic carbocycles. The van der Waals surface area contributed by atoms with E-state index in [4.69, 9.17) is 9.26 Å². The van der Waals surface area contributed by atoms with Crippen LogP contribution in [-0.2, 0) is 6.42 Å². The predicted molar refractivity (Wildman–Crippen MR) is 71.0 cm³/mol. The molecule has 3 rings (SSSR count). The third-order valence-electron chi connectivity index (χ3n) is 3.23. The van der Waals surface area contributed by atoms with Crippen molar-refractivity contribution in [2.24, 2.45) is 0 Å². The first-order chi connectivity index (χ1) is 9.76. The molecule has 1 saturated carbocycles. The van der Waals surface area contributed by atoms with E-state index in [-0.39, 0.29) is 5.75 Å². The van der Waals surface area contributed by atoms with E-state index in [1.165, 1.54) is 26.0 Å². The summed E-state index contributed by atoms with van der Waals surface area (Å²) in [5.41, 5.74) is 0.674. The third kappa shape index (κ3) is 2.96. The highest BCUT2D eigenvalue weighted by Crippen LogP contribution is 2.24. The molecule has 0 saturated heterocycles. The first-order valence-electron chi connectivity index (χ1n) is 6.66. The number of rotatable bonds is 6. The molecule has 1 fully saturated rings. The van der Waals surface area contributed by atoms with E-state index in [1.54, 1.807) is 12.1 Å². The first-order valence-corrected chi connectivity index (χ1v) is 6.66. The van der Waals surface area contributed by atoms with Gasteiger partial charge in [-0.15, -0.1) is 0 Å². The highest BCUT2D eigenvalue weighted by Gasteiger charge is 2.20. The molecule has 0 aliphatic heterocycles. The molecule has 1 aromatic carbocycles. The number of methoxy groups -OCH3 is 1. The van der Waals surface area contributed by atoms with Gasteiger partial charge in [0.2, 0.25) is 11.7 Å². The number of hydrogen-bond donors (Lipinski definition) is 1. The van der Waals surface area contributed by atoms with Gasteiger partial charge in [-0.3, -0.25) is 0 Å². The van der Waals surface area contributed by atoms with Crippen molar-refractivity contribution in [3.05, 3.63) is 29.9 Å². The lowest BCUT2D eigenvalue weighted by Crippen LogP contribution is -2.19. The van der Waals surface area contributed by atoms with Crippen LogP contribution >= 0.6 is 0 Å². The number of hydrogen-bond acceptors (Lipinski definition) is 5. The maximum atomic E-state index is 13.3. The van der Waals surface area contributed by atoms with Gasteiger partial charge in [0, 0.05) is 24.6 Å². The van der Waals surface area contributed by atoms with Crippen LogP contribution in [-0.4, -0.2) is 29.8 Å². The summed E-state index contributed by atoms with van der Waals surface area (Å²) in [6, 6.07) is 5.17. The monoisotopic (exact) mass is 277 g/mol. The van der Waals surface area contributed by atoms with Gasteiger partial charge >= 0.3 is 0 Å². The van der Waals surface area contributed by atoms with Crippen LogP contribution in [0.2, 0.25) is 0 Å². The van der Waals surface area contributed by atoms with Gasteiger partial charge < -0.3 is 14.6 Å². The van der Waals surface area contributed by atoms with Crippen LogP contribution in [0.3, 0.4) is 0 Å². The number of nitrogens with zero attached hydrogens (tertiary/aromatic N) is 2. The van der Waals surface area contributed by atoms with Crippen molar-refractivity contribution in [2.75, 3.05) is 13.7 Å². The minimum atomic E-state index is -0.409. The van der Waals surface area contributed by atoms with Crippen molar-refractivity contribution >= 4 is 0 Å². The molecule has 1 aliphatic rings. The molecule has 20 heavy (non-hydrogen) atoms. The van der Waals surface area contributed by atoms with Crippen LogP contribution in [0.1, 0.15) is 18.7 Å². The second-order valence-electron chi connectivity index (χ2n) is 4.84. The Hall–Kier alpha value is -1.95. The maximum absolute atomic E-state index is 13.3. The number of nitrogens with one attached hydrogen (secondary N) is 1. The average Bonchev–Trinajstić information content (AvgIpc) is 3.16. The van der Waals surface area contributed by atoms with E-state index in [0.29, 0.717) is 29.7 Å². The zero-order valence-corrected chi connectivity index (χ0v) is 11.2. The van der Waals surface area contributed by atoms with E-state index in [1.807, 2.05) is 0 Å². The minimum Gasteiger partial charge on any atom is -0.494 e. The Bertz CT molecular complexity index is 596. The zero-order chi connectivity index (χ0) is 13.9. The van der Waals surface area contributed by atoms with Crippen molar-refractivity contribution < 1.29 is 13.7 Å². The highest BCUT2D eigenvalue weighted by atomic mass is 19.1. The van der Waals surface area contributed by atoms with Gasteiger partial charge in [-0.05, 0) is 31.0 Å². The molecule has 1 N–H and O–H groups in total. The van der Waals surface area contributed by atoms with E-state index in [9.17, 15) is 4.39 Å². The van der Waals surface area contributed by atoms with Gasteiger partial charge in [-0.25, -0.2) is 4.39 Å². The van der Waals surface area contributed by atoms with Gasteiger partial charge in [-0.1, -0.05) is 5.16 Å². The lowest BCUT2D eigenvalue weighted by Gasteiger charge is -2.02. The predicted octanol–water partition coefficient (Wildman–Crippen LogP) is 2.18. The Balaban J connectivity index is 1.68. The minimum absolute atomic E-state index is 0.171. The first kappa shape index (κ1) is 13.1. The summed E-state index contributed by atoms with van der Waals surface area (Å²) in [5, 5.41) is 7.30. The molecule has 0 unspecified atom stereocenters. The lowest BCUT2D eigenvalue weighted by atomic mass is 10.2. The Kier molecular flexibility index (Phi) is 3.64. The SMILES string of the molecule is COc1cc(-c2noc(CCNC3CC3)n2)ccc1F. The topological polar surface area (TPSA) is 60.2 Å². The van der Waals surface area contributed by atoms with Gasteiger partial charge in [0.05, 0.1) is 7.11 Å². The molecular weight excluding hydrogens is 261 g/mol. The molecular formula is C14H16FN3O2. The summed E-state index contributed by atoms with van der Waals surface area (Å²) in [7, 11) is 1.42. The Labute approximate surface area is 116 Å². The number of ether oxygens (including phenoxy) is 1. The molecule has 0 spiro atoms. The smallest absolute Gasteiger partial charge is 0.228 e. The van der Waals surface area contributed by atoms with Gasteiger partial charge in [0.1, 0.15) is 0 Å². The van der Waals surface area contributed by atoms with E-state index >= 15 is 0 Å². The van der Waals surface area contributed by atoms with Crippen LogP contribution in [0.4, 0.5) is 4.39 Å². The van der Waals surface area contributed by atoms with Crippen LogP contribution in [0.5, 0.6) is 5.75 Å². The molecule has 0 amide bonds. The molecule has 106 valence electrons. The van der Waals surface area contributed by atoms with Crippen molar-refractivity contribution in [3.63, 3.8) is 0 Å². The van der Waals surface area contributed by atoms with Gasteiger partial charge in [-0.2, -0.15) is 4.98 Å². The maximum Gasteiger partial charge on any atom is 0.228 e. The highest BCUT2D eigenvalue weighted by molar-refractivity contribution is 5.57. The zero-order valence-electron chi connectivity index (χ0n) is 11.2. The fourth-order valence-electron chi connectivity index (χ4n) is 1.94. The number of benzene rings is 1. The average molecular weight is 277 g/mol. The molecule has 2 aromatic rings.